The van der Waals surface area contributed by atoms with Crippen LogP contribution in [-0.4, -0.2) is 26.2 Å². The summed E-state index contributed by atoms with van der Waals surface area (Å²) in [6.45, 7) is 9.27. The third kappa shape index (κ3) is 3.67. The highest BCUT2D eigenvalue weighted by molar-refractivity contribution is 5.99. The third-order valence-electron chi connectivity index (χ3n) is 4.65. The van der Waals surface area contributed by atoms with Gasteiger partial charge < -0.3 is 24.6 Å². The van der Waals surface area contributed by atoms with Crippen LogP contribution in [0.5, 0.6) is 0 Å². The first kappa shape index (κ1) is 18.6. The molecule has 0 fully saturated rings. The van der Waals surface area contributed by atoms with E-state index in [-0.39, 0.29) is 5.63 Å². The summed E-state index contributed by atoms with van der Waals surface area (Å²) in [6.07, 6.45) is 0.966. The summed E-state index contributed by atoms with van der Waals surface area (Å²) in [5.74, 6) is 0.828. The molecule has 0 saturated carbocycles. The number of nitrogens with two attached hydrogens (primary N) is 1. The topological polar surface area (TPSA) is 90.6 Å². The van der Waals surface area contributed by atoms with E-state index in [4.69, 9.17) is 19.3 Å². The molecule has 3 aromatic rings. The second-order valence-electron chi connectivity index (χ2n) is 6.59. The lowest BCUT2D eigenvalue weighted by atomic mass is 10.0. The van der Waals surface area contributed by atoms with Crippen molar-refractivity contribution in [1.82, 2.24) is 5.32 Å². The van der Waals surface area contributed by atoms with E-state index in [1.807, 2.05) is 26.8 Å². The number of benzene rings is 1. The molecule has 0 saturated heterocycles. The first-order valence-electron chi connectivity index (χ1n) is 8.97. The van der Waals surface area contributed by atoms with E-state index in [9.17, 15) is 4.79 Å². The van der Waals surface area contributed by atoms with Gasteiger partial charge in [-0.25, -0.2) is 4.79 Å². The lowest BCUT2D eigenvalue weighted by Gasteiger charge is -2.07. The highest BCUT2D eigenvalue weighted by atomic mass is 16.5. The summed E-state index contributed by atoms with van der Waals surface area (Å²) < 4.78 is 17.2. The van der Waals surface area contributed by atoms with Crippen molar-refractivity contribution in [3.05, 3.63) is 45.0 Å². The molecule has 3 rings (SSSR count). The summed E-state index contributed by atoms with van der Waals surface area (Å²) in [5.41, 5.74) is 9.25. The van der Waals surface area contributed by atoms with Crippen molar-refractivity contribution in [2.45, 2.75) is 33.8 Å². The van der Waals surface area contributed by atoms with Crippen LogP contribution in [0.15, 0.2) is 25.8 Å². The summed E-state index contributed by atoms with van der Waals surface area (Å²) in [6, 6.07) is 3.55. The number of fused-ring (bicyclic) bond motifs is 2. The van der Waals surface area contributed by atoms with Crippen molar-refractivity contribution >= 4 is 21.9 Å². The second-order valence-corrected chi connectivity index (χ2v) is 6.59. The molecule has 0 unspecified atom stereocenters. The summed E-state index contributed by atoms with van der Waals surface area (Å²) in [7, 11) is 0. The number of hydrogen-bond acceptors (Lipinski definition) is 6. The largest absolute Gasteiger partial charge is 0.461 e. The monoisotopic (exact) mass is 358 g/mol. The van der Waals surface area contributed by atoms with Gasteiger partial charge >= 0.3 is 5.63 Å². The molecule has 0 radical (unpaired) electrons. The number of hydrogen-bond donors (Lipinski definition) is 2. The fourth-order valence-corrected chi connectivity index (χ4v) is 3.20. The Kier molecular flexibility index (Phi) is 5.76. The minimum Gasteiger partial charge on any atom is -0.461 e. The van der Waals surface area contributed by atoms with Crippen molar-refractivity contribution in [3.8, 4) is 0 Å². The maximum Gasteiger partial charge on any atom is 0.336 e. The van der Waals surface area contributed by atoms with E-state index in [2.05, 4.69) is 5.32 Å². The lowest BCUT2D eigenvalue weighted by molar-refractivity contribution is 0.122. The lowest BCUT2D eigenvalue weighted by Crippen LogP contribution is -2.22. The van der Waals surface area contributed by atoms with Crippen LogP contribution in [0.2, 0.25) is 0 Å². The van der Waals surface area contributed by atoms with Crippen molar-refractivity contribution in [2.75, 3.05) is 26.2 Å². The van der Waals surface area contributed by atoms with Crippen molar-refractivity contribution in [2.24, 2.45) is 5.73 Å². The highest BCUT2D eigenvalue weighted by Gasteiger charge is 2.17. The van der Waals surface area contributed by atoms with Gasteiger partial charge in [-0.3, -0.25) is 0 Å². The number of ether oxygens (including phenoxy) is 1. The Balaban J connectivity index is 1.85. The zero-order chi connectivity index (χ0) is 18.7. The molecule has 6 heteroatoms. The molecule has 0 spiro atoms. The van der Waals surface area contributed by atoms with Gasteiger partial charge in [0.2, 0.25) is 0 Å². The number of nitrogens with one attached hydrogen (secondary N) is 1. The van der Waals surface area contributed by atoms with Gasteiger partial charge in [0.1, 0.15) is 16.9 Å². The van der Waals surface area contributed by atoms with Crippen LogP contribution in [0, 0.1) is 20.8 Å². The van der Waals surface area contributed by atoms with E-state index < -0.39 is 0 Å². The van der Waals surface area contributed by atoms with Gasteiger partial charge in [0.25, 0.3) is 0 Å². The maximum atomic E-state index is 11.7. The Bertz CT molecular complexity index is 971. The standard InChI is InChI=1S/C20H26N2O4/c1-12-9-18(23)26-19-13(2)20-16(10-15(12)19)17(14(3)25-20)11-24-8-7-22-6-4-5-21/h9-10,22H,4-8,11,21H2,1-3H3. The summed E-state index contributed by atoms with van der Waals surface area (Å²) in [5, 5.41) is 5.24. The molecule has 0 atom stereocenters. The van der Waals surface area contributed by atoms with Crippen molar-refractivity contribution in [1.29, 1.82) is 0 Å². The quantitative estimate of drug-likeness (QED) is 0.475. The predicted octanol–water partition coefficient (Wildman–Crippen LogP) is 2.92. The van der Waals surface area contributed by atoms with Crippen LogP contribution in [0.3, 0.4) is 0 Å². The van der Waals surface area contributed by atoms with E-state index in [1.54, 1.807) is 0 Å². The average molecular weight is 358 g/mol. The Morgan fingerprint density at radius 3 is 2.62 bits per heavy atom. The summed E-state index contributed by atoms with van der Waals surface area (Å²) >= 11 is 0. The van der Waals surface area contributed by atoms with E-state index in [0.29, 0.717) is 25.3 Å². The number of furan rings is 1. The Morgan fingerprint density at radius 1 is 1.08 bits per heavy atom. The van der Waals surface area contributed by atoms with Gasteiger partial charge in [-0.15, -0.1) is 0 Å². The molecule has 0 aliphatic carbocycles. The van der Waals surface area contributed by atoms with Crippen LogP contribution in [0.25, 0.3) is 21.9 Å². The first-order chi connectivity index (χ1) is 12.5. The fraction of sp³-hybridized carbons (Fsp3) is 0.450. The average Bonchev–Trinajstić information content (AvgIpc) is 2.91. The summed E-state index contributed by atoms with van der Waals surface area (Å²) in [4.78, 5) is 11.7. The zero-order valence-electron chi connectivity index (χ0n) is 15.6. The van der Waals surface area contributed by atoms with Crippen LogP contribution >= 0.6 is 0 Å². The van der Waals surface area contributed by atoms with Gasteiger partial charge in [-0.05, 0) is 51.9 Å². The van der Waals surface area contributed by atoms with Gasteiger partial charge in [-0.2, -0.15) is 0 Å². The Morgan fingerprint density at radius 2 is 1.85 bits per heavy atom. The van der Waals surface area contributed by atoms with Crippen LogP contribution in [0.1, 0.15) is 28.9 Å². The molecule has 0 aliphatic rings. The molecule has 140 valence electrons. The third-order valence-corrected chi connectivity index (χ3v) is 4.65. The second kappa shape index (κ2) is 8.03. The van der Waals surface area contributed by atoms with Crippen LogP contribution in [-0.2, 0) is 11.3 Å². The van der Waals surface area contributed by atoms with Gasteiger partial charge in [0.05, 0.1) is 13.2 Å². The number of aryl methyl sites for hydroxylation is 3. The van der Waals surface area contributed by atoms with Crippen LogP contribution < -0.4 is 16.7 Å². The fourth-order valence-electron chi connectivity index (χ4n) is 3.20. The molecule has 0 bridgehead atoms. The van der Waals surface area contributed by atoms with E-state index >= 15 is 0 Å². The van der Waals surface area contributed by atoms with Crippen molar-refractivity contribution < 1.29 is 13.6 Å². The highest BCUT2D eigenvalue weighted by Crippen LogP contribution is 2.34. The van der Waals surface area contributed by atoms with Crippen LogP contribution in [0.4, 0.5) is 0 Å². The molecule has 2 aromatic heterocycles. The zero-order valence-corrected chi connectivity index (χ0v) is 15.6. The number of rotatable bonds is 8. The molecule has 1 aromatic carbocycles. The van der Waals surface area contributed by atoms with Gasteiger partial charge in [0.15, 0.2) is 0 Å². The SMILES string of the molecule is Cc1oc2c(C)c3oc(=O)cc(C)c3cc2c1COCCNCCCN. The first-order valence-corrected chi connectivity index (χ1v) is 8.97. The van der Waals surface area contributed by atoms with Crippen molar-refractivity contribution in [3.63, 3.8) is 0 Å². The molecule has 6 nitrogen and oxygen atoms in total. The Hall–Kier alpha value is -2.15. The molecule has 0 amide bonds. The minimum atomic E-state index is -0.341. The smallest absolute Gasteiger partial charge is 0.336 e. The molecule has 0 aliphatic heterocycles. The van der Waals surface area contributed by atoms with Gasteiger partial charge in [-0.1, -0.05) is 0 Å². The molecule has 2 heterocycles. The normalized spacial score (nSPS) is 11.7. The Labute approximate surface area is 152 Å². The maximum absolute atomic E-state index is 11.7. The molecular weight excluding hydrogens is 332 g/mol. The molecule has 26 heavy (non-hydrogen) atoms. The van der Waals surface area contributed by atoms with Gasteiger partial charge in [0, 0.05) is 34.5 Å². The minimum absolute atomic E-state index is 0.341. The molecule has 3 N–H and O–H groups in total. The molecular formula is C20H26N2O4. The van der Waals surface area contributed by atoms with E-state index in [1.165, 1.54) is 6.07 Å². The predicted molar refractivity (Wildman–Crippen MR) is 103 cm³/mol. The van der Waals surface area contributed by atoms with E-state index in [0.717, 1.165) is 58.3 Å².